The van der Waals surface area contributed by atoms with Crippen molar-refractivity contribution in [2.24, 2.45) is 0 Å². The van der Waals surface area contributed by atoms with Gasteiger partial charge in [0.1, 0.15) is 11.5 Å². The topological polar surface area (TPSA) is 50.8 Å². The van der Waals surface area contributed by atoms with Gasteiger partial charge in [0.2, 0.25) is 0 Å². The molecule has 0 radical (unpaired) electrons. The summed E-state index contributed by atoms with van der Waals surface area (Å²) in [5.74, 6) is 1.32. The van der Waals surface area contributed by atoms with Crippen LogP contribution in [0.15, 0.2) is 35.7 Å². The molecule has 1 aliphatic heterocycles. The van der Waals surface area contributed by atoms with Gasteiger partial charge >= 0.3 is 0 Å². The summed E-state index contributed by atoms with van der Waals surface area (Å²) in [5, 5.41) is 5.18. The van der Waals surface area contributed by atoms with Crippen molar-refractivity contribution in [3.8, 4) is 11.5 Å². The molecule has 3 rings (SSSR count). The van der Waals surface area contributed by atoms with Crippen molar-refractivity contribution in [1.82, 2.24) is 10.2 Å². The Bertz CT molecular complexity index is 729. The quantitative estimate of drug-likeness (QED) is 0.809. The molecule has 26 heavy (non-hydrogen) atoms. The van der Waals surface area contributed by atoms with E-state index in [9.17, 15) is 4.79 Å². The van der Waals surface area contributed by atoms with Crippen molar-refractivity contribution in [3.63, 3.8) is 0 Å². The van der Waals surface area contributed by atoms with Crippen molar-refractivity contribution in [2.45, 2.75) is 39.0 Å². The zero-order valence-corrected chi connectivity index (χ0v) is 16.3. The highest BCUT2D eigenvalue weighted by Gasteiger charge is 2.22. The van der Waals surface area contributed by atoms with Crippen LogP contribution in [0.25, 0.3) is 0 Å². The second kappa shape index (κ2) is 8.56. The van der Waals surface area contributed by atoms with Gasteiger partial charge in [0, 0.05) is 30.6 Å². The van der Waals surface area contributed by atoms with E-state index >= 15 is 0 Å². The fourth-order valence-corrected chi connectivity index (χ4v) is 3.97. The van der Waals surface area contributed by atoms with E-state index in [0.717, 1.165) is 25.3 Å². The molecule has 2 heterocycles. The number of hydrogen-bond acceptors (Lipinski definition) is 5. The van der Waals surface area contributed by atoms with Gasteiger partial charge in [-0.3, -0.25) is 9.69 Å². The summed E-state index contributed by atoms with van der Waals surface area (Å²) in [6.45, 7) is 6.56. The van der Waals surface area contributed by atoms with Crippen LogP contribution in [0.4, 0.5) is 0 Å². The SMILES string of the molecule is COc1ccc(O[C@@H](C)C(=O)NC[C@@H](C)N2CCc3sccc3C2)cc1. The van der Waals surface area contributed by atoms with Crippen LogP contribution in [0.3, 0.4) is 0 Å². The van der Waals surface area contributed by atoms with Gasteiger partial charge in [0.15, 0.2) is 6.10 Å². The minimum atomic E-state index is -0.541. The number of benzene rings is 1. The van der Waals surface area contributed by atoms with E-state index in [-0.39, 0.29) is 5.91 Å². The average Bonchev–Trinajstić information content (AvgIpc) is 3.14. The maximum atomic E-state index is 12.3. The predicted molar refractivity (Wildman–Crippen MR) is 104 cm³/mol. The first-order valence-electron chi connectivity index (χ1n) is 8.94. The van der Waals surface area contributed by atoms with Crippen LogP contribution in [0, 0.1) is 0 Å². The minimum absolute atomic E-state index is 0.0964. The second-order valence-corrected chi connectivity index (χ2v) is 7.62. The van der Waals surface area contributed by atoms with Crippen LogP contribution < -0.4 is 14.8 Å². The molecule has 0 unspecified atom stereocenters. The Labute approximate surface area is 158 Å². The van der Waals surface area contributed by atoms with Gasteiger partial charge in [-0.15, -0.1) is 11.3 Å². The van der Waals surface area contributed by atoms with E-state index in [0.29, 0.717) is 18.3 Å². The van der Waals surface area contributed by atoms with Crippen molar-refractivity contribution in [2.75, 3.05) is 20.2 Å². The first-order valence-corrected chi connectivity index (χ1v) is 9.82. The molecule has 1 aromatic heterocycles. The molecule has 2 aromatic rings. The first-order chi connectivity index (χ1) is 12.6. The molecular formula is C20H26N2O3S. The van der Waals surface area contributed by atoms with Gasteiger partial charge in [-0.1, -0.05) is 0 Å². The smallest absolute Gasteiger partial charge is 0.260 e. The first kappa shape index (κ1) is 18.7. The van der Waals surface area contributed by atoms with Crippen molar-refractivity contribution in [1.29, 1.82) is 0 Å². The molecule has 1 aliphatic rings. The Morgan fingerprint density at radius 1 is 1.23 bits per heavy atom. The highest BCUT2D eigenvalue weighted by Crippen LogP contribution is 2.25. The molecule has 1 aromatic carbocycles. The summed E-state index contributed by atoms with van der Waals surface area (Å²) < 4.78 is 10.8. The number of thiophene rings is 1. The zero-order chi connectivity index (χ0) is 18.5. The third-order valence-electron chi connectivity index (χ3n) is 4.77. The number of rotatable bonds is 7. The van der Waals surface area contributed by atoms with Gasteiger partial charge in [-0.05, 0) is 61.5 Å². The molecule has 0 aliphatic carbocycles. The number of hydrogen-bond donors (Lipinski definition) is 1. The third kappa shape index (κ3) is 4.56. The molecule has 1 amide bonds. The van der Waals surface area contributed by atoms with Gasteiger partial charge in [-0.25, -0.2) is 0 Å². The van der Waals surface area contributed by atoms with Crippen LogP contribution in [-0.2, 0) is 17.8 Å². The van der Waals surface area contributed by atoms with Crippen LogP contribution in [0.1, 0.15) is 24.3 Å². The molecular weight excluding hydrogens is 348 g/mol. The Morgan fingerprint density at radius 2 is 1.96 bits per heavy atom. The second-order valence-electron chi connectivity index (χ2n) is 6.62. The van der Waals surface area contributed by atoms with Crippen molar-refractivity contribution >= 4 is 17.2 Å². The lowest BCUT2D eigenvalue weighted by molar-refractivity contribution is -0.127. The Hall–Kier alpha value is -2.05. The largest absolute Gasteiger partial charge is 0.497 e. The summed E-state index contributed by atoms with van der Waals surface area (Å²) in [4.78, 5) is 16.3. The lowest BCUT2D eigenvalue weighted by atomic mass is 10.1. The molecule has 6 heteroatoms. The zero-order valence-electron chi connectivity index (χ0n) is 15.5. The highest BCUT2D eigenvalue weighted by atomic mass is 32.1. The van der Waals surface area contributed by atoms with E-state index in [1.807, 2.05) is 23.5 Å². The summed E-state index contributed by atoms with van der Waals surface area (Å²) in [6.07, 6.45) is 0.558. The maximum absolute atomic E-state index is 12.3. The van der Waals surface area contributed by atoms with Gasteiger partial charge < -0.3 is 14.8 Å². The molecule has 2 atom stereocenters. The monoisotopic (exact) mass is 374 g/mol. The molecule has 0 spiro atoms. The molecule has 0 bridgehead atoms. The van der Waals surface area contributed by atoms with Crippen LogP contribution in [-0.4, -0.2) is 43.2 Å². The lowest BCUT2D eigenvalue weighted by Crippen LogP contribution is -2.46. The molecule has 1 N–H and O–H groups in total. The fourth-order valence-electron chi connectivity index (χ4n) is 3.08. The average molecular weight is 375 g/mol. The van der Waals surface area contributed by atoms with E-state index in [4.69, 9.17) is 9.47 Å². The summed E-state index contributed by atoms with van der Waals surface area (Å²) in [7, 11) is 1.62. The normalized spacial score (nSPS) is 16.4. The number of carbonyl (C=O) groups is 1. The number of carbonyl (C=O) groups excluding carboxylic acids is 1. The van der Waals surface area contributed by atoms with Crippen LogP contribution in [0.2, 0.25) is 0 Å². The Morgan fingerprint density at radius 3 is 2.69 bits per heavy atom. The van der Waals surface area contributed by atoms with Crippen molar-refractivity contribution < 1.29 is 14.3 Å². The van der Waals surface area contributed by atoms with Crippen LogP contribution >= 0.6 is 11.3 Å². The number of nitrogens with zero attached hydrogens (tertiary/aromatic N) is 1. The molecule has 140 valence electrons. The van der Waals surface area contributed by atoms with Gasteiger partial charge in [0.25, 0.3) is 5.91 Å². The maximum Gasteiger partial charge on any atom is 0.260 e. The van der Waals surface area contributed by atoms with E-state index in [2.05, 4.69) is 28.6 Å². The van der Waals surface area contributed by atoms with E-state index in [1.54, 1.807) is 26.2 Å². The Balaban J connectivity index is 1.45. The number of amides is 1. The summed E-state index contributed by atoms with van der Waals surface area (Å²) in [5.41, 5.74) is 1.43. The molecule has 0 fully saturated rings. The number of fused-ring (bicyclic) bond motifs is 1. The molecule has 0 saturated carbocycles. The van der Waals surface area contributed by atoms with Gasteiger partial charge in [-0.2, -0.15) is 0 Å². The van der Waals surface area contributed by atoms with Gasteiger partial charge in [0.05, 0.1) is 7.11 Å². The van der Waals surface area contributed by atoms with Crippen molar-refractivity contribution in [3.05, 3.63) is 46.2 Å². The summed E-state index contributed by atoms with van der Waals surface area (Å²) in [6, 6.07) is 9.74. The highest BCUT2D eigenvalue weighted by molar-refractivity contribution is 7.10. The van der Waals surface area contributed by atoms with Crippen LogP contribution in [0.5, 0.6) is 11.5 Å². The van der Waals surface area contributed by atoms with E-state index < -0.39 is 6.10 Å². The minimum Gasteiger partial charge on any atom is -0.497 e. The predicted octanol–water partition coefficient (Wildman–Crippen LogP) is 3.09. The summed E-state index contributed by atoms with van der Waals surface area (Å²) >= 11 is 1.84. The fraction of sp³-hybridized carbons (Fsp3) is 0.450. The van der Waals surface area contributed by atoms with E-state index in [1.165, 1.54) is 10.4 Å². The molecule has 5 nitrogen and oxygen atoms in total. The molecule has 0 saturated heterocycles. The number of nitrogens with one attached hydrogen (secondary N) is 1. The number of methoxy groups -OCH3 is 1. The third-order valence-corrected chi connectivity index (χ3v) is 5.80. The Kier molecular flexibility index (Phi) is 6.16. The number of ether oxygens (including phenoxy) is 2. The standard InChI is InChI=1S/C20H26N2O3S/c1-14(22-10-8-19-16(13-22)9-11-26-19)12-21-20(23)15(2)25-18-6-4-17(24-3)5-7-18/h4-7,9,11,14-15H,8,10,12-13H2,1-3H3,(H,21,23)/t14-,15+/m1/s1. The lowest BCUT2D eigenvalue weighted by Gasteiger charge is -2.32.